The molecule has 1 N–H and O–H groups in total. The molecule has 0 saturated heterocycles. The average molecular weight is 322 g/mol. The van der Waals surface area contributed by atoms with Gasteiger partial charge < -0.3 is 14.8 Å². The summed E-state index contributed by atoms with van der Waals surface area (Å²) in [5, 5.41) is 3.54. The van der Waals surface area contributed by atoms with Gasteiger partial charge in [0.05, 0.1) is 13.7 Å². The zero-order chi connectivity index (χ0) is 16.8. The van der Waals surface area contributed by atoms with Gasteiger partial charge >= 0.3 is 0 Å². The lowest BCUT2D eigenvalue weighted by Crippen LogP contribution is -2.16. The third-order valence-corrected chi connectivity index (χ3v) is 4.05. The third-order valence-electron chi connectivity index (χ3n) is 4.05. The van der Waals surface area contributed by atoms with Gasteiger partial charge in [0.15, 0.2) is 11.5 Å². The second kappa shape index (κ2) is 13.2. The Kier molecular flexibility index (Phi) is 11.4. The molecule has 1 aromatic rings. The van der Waals surface area contributed by atoms with Crippen LogP contribution in [0.5, 0.6) is 11.5 Å². The summed E-state index contributed by atoms with van der Waals surface area (Å²) in [4.78, 5) is 0. The summed E-state index contributed by atoms with van der Waals surface area (Å²) < 4.78 is 11.4. The smallest absolute Gasteiger partial charge is 0.165 e. The van der Waals surface area contributed by atoms with Gasteiger partial charge in [-0.15, -0.1) is 0 Å². The maximum atomic E-state index is 5.96. The second-order valence-electron chi connectivity index (χ2n) is 6.10. The molecule has 0 bridgehead atoms. The molecule has 132 valence electrons. The highest BCUT2D eigenvalue weighted by Gasteiger charge is 2.10. The summed E-state index contributed by atoms with van der Waals surface area (Å²) in [5.41, 5.74) is 1.19. The van der Waals surface area contributed by atoms with Gasteiger partial charge in [-0.05, 0) is 25.5 Å². The monoisotopic (exact) mass is 321 g/mol. The Bertz CT molecular complexity index is 407. The van der Waals surface area contributed by atoms with E-state index in [1.807, 2.05) is 12.1 Å². The first-order valence-corrected chi connectivity index (χ1v) is 9.32. The molecule has 0 aliphatic heterocycles. The quantitative estimate of drug-likeness (QED) is 0.470. The molecule has 0 aliphatic carbocycles. The minimum absolute atomic E-state index is 0.751. The Labute approximate surface area is 142 Å². The number of methoxy groups -OCH3 is 1. The van der Waals surface area contributed by atoms with E-state index in [2.05, 4.69) is 25.2 Å². The van der Waals surface area contributed by atoms with Crippen LogP contribution in [0.2, 0.25) is 0 Å². The number of ether oxygens (including phenoxy) is 2. The number of nitrogens with one attached hydrogen (secondary N) is 1. The van der Waals surface area contributed by atoms with E-state index in [1.54, 1.807) is 7.11 Å². The van der Waals surface area contributed by atoms with E-state index in [4.69, 9.17) is 9.47 Å². The molecule has 3 heteroatoms. The molecule has 1 aromatic carbocycles. The fourth-order valence-corrected chi connectivity index (χ4v) is 2.60. The van der Waals surface area contributed by atoms with E-state index in [9.17, 15) is 0 Å². The summed E-state index contributed by atoms with van der Waals surface area (Å²) in [6.07, 6.45) is 10.2. The first-order valence-electron chi connectivity index (χ1n) is 9.32. The van der Waals surface area contributed by atoms with Crippen LogP contribution < -0.4 is 14.8 Å². The average Bonchev–Trinajstić information content (AvgIpc) is 2.58. The first kappa shape index (κ1) is 19.8. The van der Waals surface area contributed by atoms with Gasteiger partial charge in [0.2, 0.25) is 0 Å². The molecule has 0 radical (unpaired) electrons. The van der Waals surface area contributed by atoms with E-state index < -0.39 is 0 Å². The van der Waals surface area contributed by atoms with E-state index >= 15 is 0 Å². The zero-order valence-corrected chi connectivity index (χ0v) is 15.3. The third kappa shape index (κ3) is 8.26. The highest BCUT2D eigenvalue weighted by molar-refractivity contribution is 5.46. The van der Waals surface area contributed by atoms with Crippen molar-refractivity contribution in [2.24, 2.45) is 0 Å². The number of unbranched alkanes of at least 4 members (excludes halogenated alkanes) is 6. The predicted molar refractivity (Wildman–Crippen MR) is 98.5 cm³/mol. The molecule has 0 fully saturated rings. The van der Waals surface area contributed by atoms with Gasteiger partial charge in [-0.1, -0.05) is 64.5 Å². The largest absolute Gasteiger partial charge is 0.493 e. The van der Waals surface area contributed by atoms with Crippen LogP contribution in [-0.4, -0.2) is 20.3 Å². The maximum Gasteiger partial charge on any atom is 0.165 e. The van der Waals surface area contributed by atoms with Crippen LogP contribution in [0.4, 0.5) is 0 Å². The minimum atomic E-state index is 0.751. The van der Waals surface area contributed by atoms with Crippen molar-refractivity contribution in [2.45, 2.75) is 71.8 Å². The Balaban J connectivity index is 2.36. The first-order chi connectivity index (χ1) is 11.3. The van der Waals surface area contributed by atoms with Crippen LogP contribution in [-0.2, 0) is 6.54 Å². The number of rotatable bonds is 14. The number of hydrogen-bond donors (Lipinski definition) is 1. The molecule has 0 aromatic heterocycles. The fourth-order valence-electron chi connectivity index (χ4n) is 2.60. The van der Waals surface area contributed by atoms with Crippen molar-refractivity contribution in [3.8, 4) is 11.5 Å². The SMILES string of the molecule is CCCCCCCCNCc1cccc(OC)c1OCCCC. The van der Waals surface area contributed by atoms with Crippen molar-refractivity contribution in [3.05, 3.63) is 23.8 Å². The van der Waals surface area contributed by atoms with Gasteiger partial charge in [0.1, 0.15) is 0 Å². The molecule has 1 rings (SSSR count). The lowest BCUT2D eigenvalue weighted by molar-refractivity contribution is 0.284. The maximum absolute atomic E-state index is 5.96. The number of hydrogen-bond acceptors (Lipinski definition) is 3. The standard InChI is InChI=1S/C20H35NO2/c1-4-6-8-9-10-11-15-21-17-18-13-12-14-19(22-3)20(18)23-16-7-5-2/h12-14,21H,4-11,15-17H2,1-3H3. The van der Waals surface area contributed by atoms with Gasteiger partial charge in [-0.25, -0.2) is 0 Å². The fraction of sp³-hybridized carbons (Fsp3) is 0.700. The van der Waals surface area contributed by atoms with Gasteiger partial charge in [0.25, 0.3) is 0 Å². The van der Waals surface area contributed by atoms with Crippen LogP contribution >= 0.6 is 0 Å². The van der Waals surface area contributed by atoms with E-state index in [0.29, 0.717) is 0 Å². The van der Waals surface area contributed by atoms with Crippen molar-refractivity contribution in [2.75, 3.05) is 20.3 Å². The molecule has 0 spiro atoms. The lowest BCUT2D eigenvalue weighted by atomic mass is 10.1. The van der Waals surface area contributed by atoms with E-state index in [0.717, 1.165) is 44.0 Å². The summed E-state index contributed by atoms with van der Waals surface area (Å²) in [5.74, 6) is 1.74. The summed E-state index contributed by atoms with van der Waals surface area (Å²) in [7, 11) is 1.70. The van der Waals surface area contributed by atoms with Crippen LogP contribution in [0.1, 0.15) is 70.8 Å². The second-order valence-corrected chi connectivity index (χ2v) is 6.10. The van der Waals surface area contributed by atoms with Crippen LogP contribution in [0.3, 0.4) is 0 Å². The Morgan fingerprint density at radius 1 is 0.913 bits per heavy atom. The Morgan fingerprint density at radius 3 is 2.39 bits per heavy atom. The molecular weight excluding hydrogens is 286 g/mol. The molecule has 0 aliphatic rings. The predicted octanol–water partition coefficient (Wildman–Crippen LogP) is 5.32. The lowest BCUT2D eigenvalue weighted by Gasteiger charge is -2.15. The van der Waals surface area contributed by atoms with Crippen molar-refractivity contribution in [1.29, 1.82) is 0 Å². The number of para-hydroxylation sites is 1. The van der Waals surface area contributed by atoms with Crippen LogP contribution in [0.25, 0.3) is 0 Å². The van der Waals surface area contributed by atoms with Crippen molar-refractivity contribution in [1.82, 2.24) is 5.32 Å². The molecule has 0 amide bonds. The topological polar surface area (TPSA) is 30.5 Å². The summed E-state index contributed by atoms with van der Waals surface area (Å²) in [6.45, 7) is 7.09. The molecular formula is C20H35NO2. The van der Waals surface area contributed by atoms with E-state index in [-0.39, 0.29) is 0 Å². The summed E-state index contributed by atoms with van der Waals surface area (Å²) in [6, 6.07) is 6.13. The highest BCUT2D eigenvalue weighted by atomic mass is 16.5. The zero-order valence-electron chi connectivity index (χ0n) is 15.3. The van der Waals surface area contributed by atoms with Gasteiger partial charge in [0, 0.05) is 12.1 Å². The minimum Gasteiger partial charge on any atom is -0.493 e. The van der Waals surface area contributed by atoms with Crippen molar-refractivity contribution in [3.63, 3.8) is 0 Å². The van der Waals surface area contributed by atoms with Crippen molar-refractivity contribution < 1.29 is 9.47 Å². The molecule has 0 unspecified atom stereocenters. The van der Waals surface area contributed by atoms with Gasteiger partial charge in [-0.3, -0.25) is 0 Å². The van der Waals surface area contributed by atoms with Crippen molar-refractivity contribution >= 4 is 0 Å². The van der Waals surface area contributed by atoms with Gasteiger partial charge in [-0.2, -0.15) is 0 Å². The van der Waals surface area contributed by atoms with Crippen LogP contribution in [0.15, 0.2) is 18.2 Å². The molecule has 23 heavy (non-hydrogen) atoms. The molecule has 0 atom stereocenters. The molecule has 0 saturated carbocycles. The normalized spacial score (nSPS) is 10.7. The Hall–Kier alpha value is -1.22. The highest BCUT2D eigenvalue weighted by Crippen LogP contribution is 2.31. The number of benzene rings is 1. The summed E-state index contributed by atoms with van der Waals surface area (Å²) >= 11 is 0. The van der Waals surface area contributed by atoms with Crippen LogP contribution in [0, 0.1) is 0 Å². The Morgan fingerprint density at radius 2 is 1.65 bits per heavy atom. The molecule has 3 nitrogen and oxygen atoms in total. The molecule has 0 heterocycles. The van der Waals surface area contributed by atoms with E-state index in [1.165, 1.54) is 44.1 Å².